The van der Waals surface area contributed by atoms with Crippen molar-refractivity contribution < 1.29 is 5.11 Å². The Hall–Kier alpha value is -0.390. The molecule has 0 radical (unpaired) electrons. The molecule has 15 heavy (non-hydrogen) atoms. The third-order valence-corrected chi connectivity index (χ3v) is 3.29. The van der Waals surface area contributed by atoms with E-state index < -0.39 is 0 Å². The highest BCUT2D eigenvalue weighted by molar-refractivity contribution is 9.10. The van der Waals surface area contributed by atoms with Crippen LogP contribution in [0.2, 0.25) is 0 Å². The van der Waals surface area contributed by atoms with E-state index in [4.69, 9.17) is 0 Å². The van der Waals surface area contributed by atoms with Crippen LogP contribution in [-0.4, -0.2) is 34.6 Å². The lowest BCUT2D eigenvalue weighted by Gasteiger charge is -2.10. The predicted molar refractivity (Wildman–Crippen MR) is 63.9 cm³/mol. The number of hydrogen-bond acceptors (Lipinski definition) is 3. The van der Waals surface area contributed by atoms with Gasteiger partial charge in [-0.25, -0.2) is 0 Å². The van der Waals surface area contributed by atoms with Gasteiger partial charge >= 0.3 is 0 Å². The Balaban J connectivity index is 2.80. The normalized spacial score (nSPS) is 13.1. The Morgan fingerprint density at radius 2 is 2.27 bits per heavy atom. The Morgan fingerprint density at radius 1 is 1.60 bits per heavy atom. The number of halogens is 1. The van der Waals surface area contributed by atoms with Crippen molar-refractivity contribution in [1.29, 1.82) is 0 Å². The van der Waals surface area contributed by atoms with E-state index in [1.54, 1.807) is 0 Å². The number of rotatable bonds is 5. The molecule has 0 aliphatic heterocycles. The molecule has 0 saturated heterocycles. The monoisotopic (exact) mass is 275 g/mol. The van der Waals surface area contributed by atoms with Gasteiger partial charge in [-0.05, 0) is 29.4 Å². The maximum absolute atomic E-state index is 9.71. The highest BCUT2D eigenvalue weighted by Gasteiger charge is 2.15. The van der Waals surface area contributed by atoms with Crippen molar-refractivity contribution in [3.63, 3.8) is 0 Å². The van der Waals surface area contributed by atoms with Crippen LogP contribution in [0.15, 0.2) is 4.47 Å². The van der Waals surface area contributed by atoms with E-state index in [1.807, 2.05) is 18.8 Å². The van der Waals surface area contributed by atoms with Crippen LogP contribution in [0.25, 0.3) is 0 Å². The molecule has 5 heteroatoms. The van der Waals surface area contributed by atoms with Crippen LogP contribution in [0.4, 0.5) is 0 Å². The van der Waals surface area contributed by atoms with Gasteiger partial charge in [-0.3, -0.25) is 4.68 Å². The number of hydrogen-bond donors (Lipinski definition) is 2. The van der Waals surface area contributed by atoms with Crippen LogP contribution in [0, 0.1) is 0 Å². The predicted octanol–water partition coefficient (Wildman–Crippen LogP) is 0.868. The third kappa shape index (κ3) is 3.03. The van der Waals surface area contributed by atoms with Crippen LogP contribution >= 0.6 is 15.9 Å². The molecule has 0 spiro atoms. The molecule has 2 N–H and O–H groups in total. The van der Waals surface area contributed by atoms with Crippen molar-refractivity contribution >= 4 is 15.9 Å². The lowest BCUT2D eigenvalue weighted by Crippen LogP contribution is -2.26. The molecule has 1 aromatic heterocycles. The molecule has 1 atom stereocenters. The zero-order valence-corrected chi connectivity index (χ0v) is 11.0. The summed E-state index contributed by atoms with van der Waals surface area (Å²) >= 11 is 3.53. The Morgan fingerprint density at radius 3 is 2.73 bits per heavy atom. The summed E-state index contributed by atoms with van der Waals surface area (Å²) in [4.78, 5) is 0. The summed E-state index contributed by atoms with van der Waals surface area (Å²) in [6, 6.07) is 0. The molecule has 86 valence electrons. The molecule has 0 saturated carbocycles. The van der Waals surface area contributed by atoms with Crippen molar-refractivity contribution in [2.75, 3.05) is 13.6 Å². The smallest absolute Gasteiger partial charge is 0.0766 e. The first-order chi connectivity index (χ1) is 7.10. The second kappa shape index (κ2) is 5.63. The van der Waals surface area contributed by atoms with Gasteiger partial charge in [0.05, 0.1) is 22.0 Å². The zero-order chi connectivity index (χ0) is 11.4. The highest BCUT2D eigenvalue weighted by atomic mass is 79.9. The van der Waals surface area contributed by atoms with Crippen LogP contribution in [-0.2, 0) is 19.9 Å². The van der Waals surface area contributed by atoms with Gasteiger partial charge in [-0.15, -0.1) is 0 Å². The summed E-state index contributed by atoms with van der Waals surface area (Å²) in [7, 11) is 3.74. The van der Waals surface area contributed by atoms with E-state index in [0.29, 0.717) is 13.0 Å². The molecular formula is C10H18BrN3O. The highest BCUT2D eigenvalue weighted by Crippen LogP contribution is 2.22. The lowest BCUT2D eigenvalue weighted by molar-refractivity contribution is 0.172. The molecule has 0 bridgehead atoms. The average molecular weight is 276 g/mol. The van der Waals surface area contributed by atoms with Crippen molar-refractivity contribution in [3.05, 3.63) is 15.9 Å². The summed E-state index contributed by atoms with van der Waals surface area (Å²) in [5.74, 6) is 0. The maximum atomic E-state index is 9.71. The number of nitrogens with one attached hydrogen (secondary N) is 1. The fourth-order valence-corrected chi connectivity index (χ4v) is 2.35. The molecule has 0 fully saturated rings. The first-order valence-corrected chi connectivity index (χ1v) is 5.92. The van der Waals surface area contributed by atoms with Gasteiger partial charge in [-0.1, -0.05) is 6.92 Å². The molecule has 0 aliphatic rings. The fraction of sp³-hybridized carbons (Fsp3) is 0.700. The van der Waals surface area contributed by atoms with Gasteiger partial charge in [0.1, 0.15) is 0 Å². The number of aromatic nitrogens is 2. The summed E-state index contributed by atoms with van der Waals surface area (Å²) in [5, 5.41) is 17.0. The standard InChI is InChI=1S/C10H18BrN3O/c1-4-8-10(11)9(14(3)13-8)5-7(15)6-12-2/h7,12,15H,4-6H2,1-3H3. The molecule has 0 aliphatic carbocycles. The zero-order valence-electron chi connectivity index (χ0n) is 9.42. The van der Waals surface area contributed by atoms with E-state index in [-0.39, 0.29) is 6.10 Å². The maximum Gasteiger partial charge on any atom is 0.0766 e. The van der Waals surface area contributed by atoms with Crippen LogP contribution in [0.1, 0.15) is 18.3 Å². The molecule has 0 amide bonds. The topological polar surface area (TPSA) is 50.1 Å². The summed E-state index contributed by atoms with van der Waals surface area (Å²) in [5.41, 5.74) is 2.10. The Bertz CT molecular complexity index is 325. The minimum absolute atomic E-state index is 0.369. The SMILES string of the molecule is CCc1nn(C)c(CC(O)CNC)c1Br. The van der Waals surface area contributed by atoms with E-state index in [2.05, 4.69) is 33.3 Å². The number of nitrogens with zero attached hydrogens (tertiary/aromatic N) is 2. The van der Waals surface area contributed by atoms with Crippen LogP contribution in [0.3, 0.4) is 0 Å². The van der Waals surface area contributed by atoms with Crippen LogP contribution in [0.5, 0.6) is 0 Å². The minimum atomic E-state index is -0.369. The van der Waals surface area contributed by atoms with E-state index >= 15 is 0 Å². The van der Waals surface area contributed by atoms with E-state index in [1.165, 1.54) is 0 Å². The molecule has 1 aromatic rings. The van der Waals surface area contributed by atoms with Crippen molar-refractivity contribution in [2.45, 2.75) is 25.9 Å². The summed E-state index contributed by atoms with van der Waals surface area (Å²) < 4.78 is 2.87. The molecule has 1 rings (SSSR count). The van der Waals surface area contributed by atoms with Gasteiger partial charge in [0.15, 0.2) is 0 Å². The second-order valence-corrected chi connectivity index (χ2v) is 4.39. The van der Waals surface area contributed by atoms with Crippen molar-refractivity contribution in [3.8, 4) is 0 Å². The summed E-state index contributed by atoms with van der Waals surface area (Å²) in [6.07, 6.45) is 1.15. The van der Waals surface area contributed by atoms with Gasteiger partial charge in [-0.2, -0.15) is 5.10 Å². The van der Waals surface area contributed by atoms with E-state index in [9.17, 15) is 5.11 Å². The number of aliphatic hydroxyl groups is 1. The number of aliphatic hydroxyl groups excluding tert-OH is 1. The average Bonchev–Trinajstić information content (AvgIpc) is 2.45. The quantitative estimate of drug-likeness (QED) is 0.839. The first-order valence-electron chi connectivity index (χ1n) is 5.13. The first kappa shape index (κ1) is 12.7. The van der Waals surface area contributed by atoms with Gasteiger partial charge < -0.3 is 10.4 Å². The lowest BCUT2D eigenvalue weighted by atomic mass is 10.2. The molecule has 1 unspecified atom stereocenters. The van der Waals surface area contributed by atoms with Crippen LogP contribution < -0.4 is 5.32 Å². The molecule has 4 nitrogen and oxygen atoms in total. The van der Waals surface area contributed by atoms with Crippen molar-refractivity contribution in [1.82, 2.24) is 15.1 Å². The minimum Gasteiger partial charge on any atom is -0.391 e. The molecule has 0 aromatic carbocycles. The van der Waals surface area contributed by atoms with E-state index in [0.717, 1.165) is 22.3 Å². The molecular weight excluding hydrogens is 258 g/mol. The Labute approximate surface area is 98.8 Å². The Kier molecular flexibility index (Phi) is 4.76. The molecule has 1 heterocycles. The van der Waals surface area contributed by atoms with Gasteiger partial charge in [0, 0.05) is 20.0 Å². The van der Waals surface area contributed by atoms with Crippen molar-refractivity contribution in [2.24, 2.45) is 7.05 Å². The summed E-state index contributed by atoms with van der Waals surface area (Å²) in [6.45, 7) is 2.67. The largest absolute Gasteiger partial charge is 0.391 e. The number of aryl methyl sites for hydroxylation is 2. The second-order valence-electron chi connectivity index (χ2n) is 3.60. The van der Waals surface area contributed by atoms with Gasteiger partial charge in [0.25, 0.3) is 0 Å². The number of likely N-dealkylation sites (N-methyl/N-ethyl adjacent to an activating group) is 1. The third-order valence-electron chi connectivity index (χ3n) is 2.37. The fourth-order valence-electron chi connectivity index (χ4n) is 1.57. The van der Waals surface area contributed by atoms with Gasteiger partial charge in [0.2, 0.25) is 0 Å².